The summed E-state index contributed by atoms with van der Waals surface area (Å²) in [5.74, 6) is 0. The number of aliphatic hydroxyl groups excluding tert-OH is 1. The van der Waals surface area contributed by atoms with E-state index < -0.39 is 0 Å². The molecular formula is C11H18O2. The van der Waals surface area contributed by atoms with Crippen LogP contribution in [0.3, 0.4) is 0 Å². The van der Waals surface area contributed by atoms with Gasteiger partial charge in [-0.05, 0) is 43.9 Å². The van der Waals surface area contributed by atoms with Gasteiger partial charge < -0.3 is 9.84 Å². The fourth-order valence-electron chi connectivity index (χ4n) is 3.64. The van der Waals surface area contributed by atoms with E-state index in [0.29, 0.717) is 18.1 Å². The second-order valence-corrected chi connectivity index (χ2v) is 5.06. The lowest BCUT2D eigenvalue weighted by atomic mass is 9.46. The molecule has 0 amide bonds. The first-order valence-electron chi connectivity index (χ1n) is 5.56. The van der Waals surface area contributed by atoms with Gasteiger partial charge in [0.25, 0.3) is 0 Å². The van der Waals surface area contributed by atoms with Crippen molar-refractivity contribution >= 4 is 0 Å². The van der Waals surface area contributed by atoms with Crippen LogP contribution in [0.1, 0.15) is 38.5 Å². The van der Waals surface area contributed by atoms with Crippen molar-refractivity contribution in [1.82, 2.24) is 0 Å². The number of hydrogen-bond donors (Lipinski definition) is 1. The van der Waals surface area contributed by atoms with Crippen LogP contribution in [0, 0.1) is 10.8 Å². The number of ether oxygens (including phenoxy) is 1. The third-order valence-corrected chi connectivity index (χ3v) is 4.84. The molecule has 0 unspecified atom stereocenters. The van der Waals surface area contributed by atoms with Crippen LogP contribution in [0.15, 0.2) is 0 Å². The van der Waals surface area contributed by atoms with E-state index in [2.05, 4.69) is 0 Å². The highest BCUT2D eigenvalue weighted by Gasteiger charge is 2.71. The molecule has 0 aliphatic heterocycles. The first kappa shape index (κ1) is 8.25. The molecule has 3 rings (SSSR count). The van der Waals surface area contributed by atoms with Crippen LogP contribution in [0.4, 0.5) is 0 Å². The SMILES string of the molecule is OCCO[C@H]1CC[C@]12CCC21CC1. The molecule has 3 fully saturated rings. The molecule has 2 heteroatoms. The van der Waals surface area contributed by atoms with E-state index in [-0.39, 0.29) is 6.61 Å². The standard InChI is InChI=1S/C11H18O2/c12-7-8-13-9-1-2-11(9)6-5-10(11)3-4-10/h9,12H,1-8H2/t9-,11-/m0/s1. The molecule has 1 N–H and O–H groups in total. The highest BCUT2D eigenvalue weighted by atomic mass is 16.5. The summed E-state index contributed by atoms with van der Waals surface area (Å²) in [7, 11) is 0. The molecule has 0 aromatic carbocycles. The minimum atomic E-state index is 0.180. The Kier molecular flexibility index (Phi) is 1.58. The van der Waals surface area contributed by atoms with Gasteiger partial charge in [0.05, 0.1) is 19.3 Å². The summed E-state index contributed by atoms with van der Waals surface area (Å²) in [6.07, 6.45) is 8.87. The average Bonchev–Trinajstić information content (AvgIpc) is 2.82. The summed E-state index contributed by atoms with van der Waals surface area (Å²) >= 11 is 0. The van der Waals surface area contributed by atoms with Gasteiger partial charge in [-0.15, -0.1) is 0 Å². The van der Waals surface area contributed by atoms with Crippen molar-refractivity contribution < 1.29 is 9.84 Å². The second kappa shape index (κ2) is 2.48. The van der Waals surface area contributed by atoms with Gasteiger partial charge in [0.15, 0.2) is 0 Å². The Morgan fingerprint density at radius 1 is 1.15 bits per heavy atom. The van der Waals surface area contributed by atoms with Crippen molar-refractivity contribution in [2.45, 2.75) is 44.6 Å². The van der Waals surface area contributed by atoms with Crippen molar-refractivity contribution in [2.75, 3.05) is 13.2 Å². The minimum absolute atomic E-state index is 0.180. The van der Waals surface area contributed by atoms with Crippen molar-refractivity contribution in [1.29, 1.82) is 0 Å². The molecule has 3 aliphatic carbocycles. The largest absolute Gasteiger partial charge is 0.394 e. The van der Waals surface area contributed by atoms with Crippen molar-refractivity contribution in [3.8, 4) is 0 Å². The Morgan fingerprint density at radius 2 is 1.92 bits per heavy atom. The smallest absolute Gasteiger partial charge is 0.0701 e. The first-order chi connectivity index (χ1) is 6.33. The van der Waals surface area contributed by atoms with Crippen LogP contribution in [-0.2, 0) is 4.74 Å². The number of rotatable bonds is 3. The maximum absolute atomic E-state index is 8.72. The van der Waals surface area contributed by atoms with Gasteiger partial charge in [-0.25, -0.2) is 0 Å². The summed E-state index contributed by atoms with van der Waals surface area (Å²) in [6.45, 7) is 0.724. The molecule has 3 saturated carbocycles. The minimum Gasteiger partial charge on any atom is -0.394 e. The molecule has 0 aromatic rings. The molecule has 74 valence electrons. The zero-order valence-corrected chi connectivity index (χ0v) is 8.09. The van der Waals surface area contributed by atoms with Crippen LogP contribution in [0.5, 0.6) is 0 Å². The van der Waals surface area contributed by atoms with Crippen molar-refractivity contribution in [2.24, 2.45) is 10.8 Å². The number of hydrogen-bond acceptors (Lipinski definition) is 2. The van der Waals surface area contributed by atoms with E-state index >= 15 is 0 Å². The van der Waals surface area contributed by atoms with E-state index in [9.17, 15) is 0 Å². The van der Waals surface area contributed by atoms with Crippen LogP contribution in [0.25, 0.3) is 0 Å². The fraction of sp³-hybridized carbons (Fsp3) is 1.00. The van der Waals surface area contributed by atoms with E-state index in [4.69, 9.17) is 9.84 Å². The van der Waals surface area contributed by atoms with Gasteiger partial charge in [-0.1, -0.05) is 0 Å². The summed E-state index contributed by atoms with van der Waals surface area (Å²) in [5, 5.41) is 8.72. The Bertz CT molecular complexity index is 218. The lowest BCUT2D eigenvalue weighted by Crippen LogP contribution is -2.58. The molecule has 2 nitrogen and oxygen atoms in total. The molecule has 0 heterocycles. The monoisotopic (exact) mass is 182 g/mol. The lowest BCUT2D eigenvalue weighted by Gasteiger charge is -2.62. The zero-order chi connectivity index (χ0) is 8.94. The van der Waals surface area contributed by atoms with Crippen LogP contribution in [-0.4, -0.2) is 24.4 Å². The molecular weight excluding hydrogens is 164 g/mol. The summed E-state index contributed by atoms with van der Waals surface area (Å²) in [5.41, 5.74) is 1.31. The lowest BCUT2D eigenvalue weighted by molar-refractivity contribution is -0.202. The predicted molar refractivity (Wildman–Crippen MR) is 49.4 cm³/mol. The second-order valence-electron chi connectivity index (χ2n) is 5.06. The molecule has 13 heavy (non-hydrogen) atoms. The molecule has 3 aliphatic rings. The predicted octanol–water partition coefficient (Wildman–Crippen LogP) is 1.72. The topological polar surface area (TPSA) is 29.5 Å². The molecule has 0 bridgehead atoms. The highest BCUT2D eigenvalue weighted by molar-refractivity contribution is 5.21. The van der Waals surface area contributed by atoms with E-state index in [1.54, 1.807) is 0 Å². The Morgan fingerprint density at radius 3 is 2.31 bits per heavy atom. The zero-order valence-electron chi connectivity index (χ0n) is 8.09. The van der Waals surface area contributed by atoms with Gasteiger partial charge in [0.1, 0.15) is 0 Å². The highest BCUT2D eigenvalue weighted by Crippen LogP contribution is 2.78. The normalized spacial score (nSPS) is 44.5. The Labute approximate surface area is 79.3 Å². The third kappa shape index (κ3) is 0.861. The maximum atomic E-state index is 8.72. The van der Waals surface area contributed by atoms with Crippen LogP contribution in [0.2, 0.25) is 0 Å². The third-order valence-electron chi connectivity index (χ3n) is 4.84. The molecule has 0 aromatic heterocycles. The quantitative estimate of drug-likeness (QED) is 0.720. The molecule has 2 atom stereocenters. The van der Waals surface area contributed by atoms with E-state index in [1.807, 2.05) is 0 Å². The Hall–Kier alpha value is -0.0800. The fourth-order valence-corrected chi connectivity index (χ4v) is 3.64. The number of fused-ring (bicyclic) bond motifs is 1. The van der Waals surface area contributed by atoms with Crippen LogP contribution < -0.4 is 0 Å². The average molecular weight is 182 g/mol. The van der Waals surface area contributed by atoms with Crippen LogP contribution >= 0.6 is 0 Å². The maximum Gasteiger partial charge on any atom is 0.0701 e. The molecule has 0 radical (unpaired) electrons. The molecule has 0 saturated heterocycles. The molecule has 2 spiro atoms. The van der Waals surface area contributed by atoms with Gasteiger partial charge in [0, 0.05) is 5.41 Å². The van der Waals surface area contributed by atoms with Gasteiger partial charge in [0.2, 0.25) is 0 Å². The van der Waals surface area contributed by atoms with Crippen molar-refractivity contribution in [3.05, 3.63) is 0 Å². The summed E-state index contributed by atoms with van der Waals surface area (Å²) < 4.78 is 5.71. The van der Waals surface area contributed by atoms with Gasteiger partial charge in [-0.2, -0.15) is 0 Å². The Balaban J connectivity index is 1.65. The first-order valence-corrected chi connectivity index (χ1v) is 5.56. The number of aliphatic hydroxyl groups is 1. The van der Waals surface area contributed by atoms with Gasteiger partial charge >= 0.3 is 0 Å². The van der Waals surface area contributed by atoms with E-state index in [0.717, 1.165) is 5.41 Å². The van der Waals surface area contributed by atoms with E-state index in [1.165, 1.54) is 38.5 Å². The summed E-state index contributed by atoms with van der Waals surface area (Å²) in [6, 6.07) is 0. The van der Waals surface area contributed by atoms with Crippen molar-refractivity contribution in [3.63, 3.8) is 0 Å². The van der Waals surface area contributed by atoms with Gasteiger partial charge in [-0.3, -0.25) is 0 Å². The summed E-state index contributed by atoms with van der Waals surface area (Å²) in [4.78, 5) is 0.